The third-order valence-electron chi connectivity index (χ3n) is 2.81. The summed E-state index contributed by atoms with van der Waals surface area (Å²) in [7, 11) is 0. The van der Waals surface area contributed by atoms with Gasteiger partial charge < -0.3 is 0 Å². The minimum absolute atomic E-state index is 0.501. The van der Waals surface area contributed by atoms with Crippen molar-refractivity contribution in [1.29, 1.82) is 0 Å². The lowest BCUT2D eigenvalue weighted by Gasteiger charge is -2.01. The molecular weight excluding hydrogens is 236 g/mol. The lowest BCUT2D eigenvalue weighted by molar-refractivity contribution is 0.0753. The second kappa shape index (κ2) is 4.18. The van der Waals surface area contributed by atoms with Gasteiger partial charge in [-0.05, 0) is 12.1 Å². The number of alkyl halides is 2. The van der Waals surface area contributed by atoms with Crippen molar-refractivity contribution in [3.63, 3.8) is 0 Å². The zero-order chi connectivity index (χ0) is 12.5. The van der Waals surface area contributed by atoms with E-state index in [0.29, 0.717) is 16.8 Å². The standard InChI is InChI=1S/C13H9F2N3/c14-13(15)18-7-10(11-5-6-16-8-17-11)9-3-1-2-4-12(9)18/h1-8,13H. The number of nitrogens with zero attached hydrogens (tertiary/aromatic N) is 3. The molecule has 0 aliphatic heterocycles. The molecule has 18 heavy (non-hydrogen) atoms. The maximum Gasteiger partial charge on any atom is 0.319 e. The molecule has 0 radical (unpaired) electrons. The molecule has 1 aromatic carbocycles. The highest BCUT2D eigenvalue weighted by Crippen LogP contribution is 2.31. The maximum atomic E-state index is 13.0. The van der Waals surface area contributed by atoms with Crippen LogP contribution in [-0.2, 0) is 0 Å². The Morgan fingerprint density at radius 3 is 2.67 bits per heavy atom. The van der Waals surface area contributed by atoms with Gasteiger partial charge >= 0.3 is 6.55 Å². The summed E-state index contributed by atoms with van der Waals surface area (Å²) in [4.78, 5) is 7.93. The fourth-order valence-electron chi connectivity index (χ4n) is 2.02. The van der Waals surface area contributed by atoms with Gasteiger partial charge in [0.15, 0.2) is 0 Å². The van der Waals surface area contributed by atoms with E-state index in [1.54, 1.807) is 24.4 Å². The molecule has 0 bridgehead atoms. The van der Waals surface area contributed by atoms with Gasteiger partial charge in [-0.15, -0.1) is 0 Å². The molecule has 0 N–H and O–H groups in total. The third kappa shape index (κ3) is 1.64. The number of hydrogen-bond acceptors (Lipinski definition) is 2. The summed E-state index contributed by atoms with van der Waals surface area (Å²) in [6.45, 7) is -2.56. The maximum absolute atomic E-state index is 13.0. The van der Waals surface area contributed by atoms with Crippen LogP contribution in [0, 0.1) is 0 Å². The Hall–Kier alpha value is -2.30. The molecular formula is C13H9F2N3. The van der Waals surface area contributed by atoms with Crippen molar-refractivity contribution in [2.75, 3.05) is 0 Å². The number of benzene rings is 1. The van der Waals surface area contributed by atoms with Crippen molar-refractivity contribution < 1.29 is 8.78 Å². The van der Waals surface area contributed by atoms with E-state index in [1.807, 2.05) is 12.1 Å². The fourth-order valence-corrected chi connectivity index (χ4v) is 2.02. The average molecular weight is 245 g/mol. The van der Waals surface area contributed by atoms with E-state index < -0.39 is 6.55 Å². The number of para-hydroxylation sites is 1. The van der Waals surface area contributed by atoms with Crippen molar-refractivity contribution in [2.45, 2.75) is 6.55 Å². The predicted molar refractivity (Wildman–Crippen MR) is 64.2 cm³/mol. The van der Waals surface area contributed by atoms with E-state index in [-0.39, 0.29) is 0 Å². The summed E-state index contributed by atoms with van der Waals surface area (Å²) in [5, 5.41) is 0.761. The SMILES string of the molecule is FC(F)n1cc(-c2ccncn2)c2ccccc21. The normalized spacial score (nSPS) is 11.3. The monoisotopic (exact) mass is 245 g/mol. The van der Waals surface area contributed by atoms with Crippen molar-refractivity contribution in [3.05, 3.63) is 49.1 Å². The Kier molecular flexibility index (Phi) is 2.51. The summed E-state index contributed by atoms with van der Waals surface area (Å²) in [5.41, 5.74) is 1.83. The molecule has 0 amide bonds. The Bertz CT molecular complexity index is 677. The van der Waals surface area contributed by atoms with Gasteiger partial charge in [-0.2, -0.15) is 8.78 Å². The molecule has 3 nitrogen and oxygen atoms in total. The Morgan fingerprint density at radius 2 is 1.94 bits per heavy atom. The zero-order valence-electron chi connectivity index (χ0n) is 9.29. The number of rotatable bonds is 2. The molecule has 5 heteroatoms. The molecule has 2 aromatic heterocycles. The van der Waals surface area contributed by atoms with E-state index in [4.69, 9.17) is 0 Å². The van der Waals surface area contributed by atoms with E-state index >= 15 is 0 Å². The van der Waals surface area contributed by atoms with E-state index in [2.05, 4.69) is 9.97 Å². The zero-order valence-corrected chi connectivity index (χ0v) is 9.29. The van der Waals surface area contributed by atoms with E-state index in [1.165, 1.54) is 12.5 Å². The van der Waals surface area contributed by atoms with Crippen molar-refractivity contribution >= 4 is 10.9 Å². The van der Waals surface area contributed by atoms with Gasteiger partial charge in [0.1, 0.15) is 6.33 Å². The van der Waals surface area contributed by atoms with Crippen LogP contribution in [0.5, 0.6) is 0 Å². The molecule has 0 unspecified atom stereocenters. The van der Waals surface area contributed by atoms with Crippen molar-refractivity contribution in [2.24, 2.45) is 0 Å². The highest BCUT2D eigenvalue weighted by Gasteiger charge is 2.15. The smallest absolute Gasteiger partial charge is 0.290 e. The molecule has 2 heterocycles. The molecule has 0 fully saturated rings. The first-order valence-electron chi connectivity index (χ1n) is 5.41. The molecule has 0 aliphatic carbocycles. The quantitative estimate of drug-likeness (QED) is 0.691. The van der Waals surface area contributed by atoms with Gasteiger partial charge in [0.25, 0.3) is 0 Å². The number of hydrogen-bond donors (Lipinski definition) is 0. The largest absolute Gasteiger partial charge is 0.319 e. The van der Waals surface area contributed by atoms with Gasteiger partial charge in [-0.25, -0.2) is 9.97 Å². The molecule has 90 valence electrons. The summed E-state index contributed by atoms with van der Waals surface area (Å²) >= 11 is 0. The minimum atomic E-state index is -2.56. The van der Waals surface area contributed by atoms with Crippen LogP contribution in [0.25, 0.3) is 22.2 Å². The van der Waals surface area contributed by atoms with E-state index in [0.717, 1.165) is 9.95 Å². The summed E-state index contributed by atoms with van der Waals surface area (Å²) in [5.74, 6) is 0. The second-order valence-electron chi connectivity index (χ2n) is 3.84. The molecule has 3 aromatic rings. The van der Waals surface area contributed by atoms with Crippen LogP contribution in [0.2, 0.25) is 0 Å². The van der Waals surface area contributed by atoms with Crippen LogP contribution in [0.3, 0.4) is 0 Å². The lowest BCUT2D eigenvalue weighted by atomic mass is 10.1. The molecule has 0 saturated heterocycles. The van der Waals surface area contributed by atoms with Crippen LogP contribution in [-0.4, -0.2) is 14.5 Å². The van der Waals surface area contributed by atoms with Crippen molar-refractivity contribution in [1.82, 2.24) is 14.5 Å². The highest BCUT2D eigenvalue weighted by atomic mass is 19.3. The first kappa shape index (κ1) is 10.8. The topological polar surface area (TPSA) is 30.7 Å². The van der Waals surface area contributed by atoms with Gasteiger partial charge in [0, 0.05) is 23.3 Å². The third-order valence-corrected chi connectivity index (χ3v) is 2.81. The van der Waals surface area contributed by atoms with E-state index in [9.17, 15) is 8.78 Å². The van der Waals surface area contributed by atoms with Gasteiger partial charge in [-0.3, -0.25) is 4.57 Å². The Balaban J connectivity index is 2.31. The summed E-state index contributed by atoms with van der Waals surface area (Å²) in [6.07, 6.45) is 4.43. The minimum Gasteiger partial charge on any atom is -0.290 e. The van der Waals surface area contributed by atoms with Gasteiger partial charge in [0.05, 0.1) is 11.2 Å². The first-order valence-corrected chi connectivity index (χ1v) is 5.41. The van der Waals surface area contributed by atoms with Crippen LogP contribution < -0.4 is 0 Å². The predicted octanol–water partition coefficient (Wildman–Crippen LogP) is 3.49. The van der Waals surface area contributed by atoms with Gasteiger partial charge in [0.2, 0.25) is 0 Å². The average Bonchev–Trinajstić information content (AvgIpc) is 2.79. The van der Waals surface area contributed by atoms with Gasteiger partial charge in [-0.1, -0.05) is 18.2 Å². The summed E-state index contributed by atoms with van der Waals surface area (Å²) in [6, 6.07) is 8.75. The first-order chi connectivity index (χ1) is 8.77. The fraction of sp³-hybridized carbons (Fsp3) is 0.0769. The van der Waals surface area contributed by atoms with Crippen LogP contribution >= 0.6 is 0 Å². The number of halogens is 2. The Morgan fingerprint density at radius 1 is 1.11 bits per heavy atom. The van der Waals surface area contributed by atoms with Crippen molar-refractivity contribution in [3.8, 4) is 11.3 Å². The van der Waals surface area contributed by atoms with Crippen LogP contribution in [0.15, 0.2) is 49.1 Å². The second-order valence-corrected chi connectivity index (χ2v) is 3.84. The molecule has 0 spiro atoms. The number of fused-ring (bicyclic) bond motifs is 1. The molecule has 0 atom stereocenters. The summed E-state index contributed by atoms with van der Waals surface area (Å²) < 4.78 is 26.9. The lowest BCUT2D eigenvalue weighted by Crippen LogP contribution is -1.94. The molecule has 3 rings (SSSR count). The van der Waals surface area contributed by atoms with Crippen LogP contribution in [0.1, 0.15) is 6.55 Å². The Labute approximate surface area is 102 Å². The molecule has 0 aliphatic rings. The highest BCUT2D eigenvalue weighted by molar-refractivity contribution is 5.95. The number of aromatic nitrogens is 3. The van der Waals surface area contributed by atoms with Crippen LogP contribution in [0.4, 0.5) is 8.78 Å². The molecule has 0 saturated carbocycles.